The van der Waals surface area contributed by atoms with Gasteiger partial charge in [0.05, 0.1) is 11.6 Å². The maximum atomic E-state index is 12.4. The lowest BCUT2D eigenvalue weighted by molar-refractivity contribution is -0.137. The molecule has 3 rings (SSSR count). The fourth-order valence-corrected chi connectivity index (χ4v) is 2.64. The van der Waals surface area contributed by atoms with E-state index in [0.717, 1.165) is 11.3 Å². The van der Waals surface area contributed by atoms with Gasteiger partial charge in [0.1, 0.15) is 6.04 Å². The van der Waals surface area contributed by atoms with E-state index in [4.69, 9.17) is 0 Å². The number of carbonyl (C=O) groups excluding carboxylic acids is 3. The summed E-state index contributed by atoms with van der Waals surface area (Å²) in [5, 5.41) is 4.97. The number of para-hydroxylation sites is 1. The first-order valence-corrected chi connectivity index (χ1v) is 6.90. The Bertz CT molecular complexity index is 639. The lowest BCUT2D eigenvalue weighted by Crippen LogP contribution is -2.53. The van der Waals surface area contributed by atoms with Crippen LogP contribution in [0.1, 0.15) is 30.7 Å². The average molecular weight is 285 g/mol. The lowest BCUT2D eigenvalue weighted by atomic mass is 9.91. The zero-order chi connectivity index (χ0) is 14.8. The molecule has 0 aliphatic carbocycles. The van der Waals surface area contributed by atoms with Crippen molar-refractivity contribution < 1.29 is 14.4 Å². The van der Waals surface area contributed by atoms with Crippen LogP contribution in [-0.4, -0.2) is 30.0 Å². The molecule has 2 aliphatic heterocycles. The van der Waals surface area contributed by atoms with Gasteiger partial charge in [0.25, 0.3) is 0 Å². The van der Waals surface area contributed by atoms with Gasteiger partial charge in [-0.15, -0.1) is 0 Å². The molecule has 0 spiro atoms. The van der Waals surface area contributed by atoms with E-state index < -0.39 is 11.9 Å². The van der Waals surface area contributed by atoms with Gasteiger partial charge in [-0.2, -0.15) is 0 Å². The fraction of sp³-hybridized carbons (Fsp3) is 0.333. The molecule has 0 aromatic heterocycles. The lowest BCUT2D eigenvalue weighted by Gasteiger charge is -2.25. The van der Waals surface area contributed by atoms with Crippen LogP contribution in [0.2, 0.25) is 0 Å². The molecule has 2 atom stereocenters. The predicted molar refractivity (Wildman–Crippen MR) is 76.3 cm³/mol. The second kappa shape index (κ2) is 5.47. The molecular weight excluding hydrogens is 270 g/mol. The SMILES string of the molecule is O=C1CC[C@H](NC(=O)[C@H]2CC=Nc3ccccc32)C(=O)N1. The Morgan fingerprint density at radius 1 is 1.29 bits per heavy atom. The highest BCUT2D eigenvalue weighted by Crippen LogP contribution is 2.32. The number of imide groups is 1. The van der Waals surface area contributed by atoms with Crippen molar-refractivity contribution in [2.75, 3.05) is 0 Å². The summed E-state index contributed by atoms with van der Waals surface area (Å²) in [5.74, 6) is -1.27. The molecule has 0 radical (unpaired) electrons. The molecule has 1 saturated heterocycles. The monoisotopic (exact) mass is 285 g/mol. The summed E-state index contributed by atoms with van der Waals surface area (Å²) < 4.78 is 0. The number of piperidine rings is 1. The Morgan fingerprint density at radius 3 is 2.90 bits per heavy atom. The Balaban J connectivity index is 1.73. The standard InChI is InChI=1S/C15H15N3O3/c19-13-6-5-12(15(21)18-13)17-14(20)10-7-8-16-11-4-2-1-3-9(10)11/h1-4,8,10,12H,5-7H2,(H,17,20)(H,18,19,21)/t10-,12-/m0/s1. The van der Waals surface area contributed by atoms with Gasteiger partial charge < -0.3 is 5.32 Å². The fourth-order valence-electron chi connectivity index (χ4n) is 2.64. The van der Waals surface area contributed by atoms with Crippen molar-refractivity contribution in [3.63, 3.8) is 0 Å². The number of hydrogen-bond donors (Lipinski definition) is 2. The van der Waals surface area contributed by atoms with Crippen LogP contribution in [0.25, 0.3) is 0 Å². The Labute approximate surface area is 121 Å². The number of amides is 3. The molecule has 3 amide bonds. The molecule has 21 heavy (non-hydrogen) atoms. The zero-order valence-corrected chi connectivity index (χ0v) is 11.3. The second-order valence-electron chi connectivity index (χ2n) is 5.17. The van der Waals surface area contributed by atoms with Crippen LogP contribution >= 0.6 is 0 Å². The molecule has 1 aromatic carbocycles. The summed E-state index contributed by atoms with van der Waals surface area (Å²) >= 11 is 0. The Morgan fingerprint density at radius 2 is 2.10 bits per heavy atom. The minimum atomic E-state index is -0.638. The molecule has 1 aromatic rings. The van der Waals surface area contributed by atoms with Crippen LogP contribution in [0.15, 0.2) is 29.3 Å². The highest BCUT2D eigenvalue weighted by molar-refractivity contribution is 6.02. The number of nitrogens with one attached hydrogen (secondary N) is 2. The van der Waals surface area contributed by atoms with Gasteiger partial charge in [0.2, 0.25) is 17.7 Å². The van der Waals surface area contributed by atoms with E-state index in [1.165, 1.54) is 0 Å². The van der Waals surface area contributed by atoms with Crippen molar-refractivity contribution in [2.24, 2.45) is 4.99 Å². The number of hydrogen-bond acceptors (Lipinski definition) is 4. The number of nitrogens with zero attached hydrogens (tertiary/aromatic N) is 1. The number of aliphatic imine (C=N–C) groups is 1. The zero-order valence-electron chi connectivity index (χ0n) is 11.3. The van der Waals surface area contributed by atoms with Crippen LogP contribution in [0.5, 0.6) is 0 Å². The molecular formula is C15H15N3O3. The van der Waals surface area contributed by atoms with Crippen molar-refractivity contribution in [3.8, 4) is 0 Å². The van der Waals surface area contributed by atoms with Crippen molar-refractivity contribution in [1.29, 1.82) is 0 Å². The molecule has 2 aliphatic rings. The van der Waals surface area contributed by atoms with Crippen molar-refractivity contribution in [1.82, 2.24) is 10.6 Å². The number of rotatable bonds is 2. The molecule has 0 bridgehead atoms. The first-order valence-electron chi connectivity index (χ1n) is 6.90. The second-order valence-corrected chi connectivity index (χ2v) is 5.17. The van der Waals surface area contributed by atoms with Crippen LogP contribution in [0.4, 0.5) is 5.69 Å². The van der Waals surface area contributed by atoms with Crippen molar-refractivity contribution >= 4 is 29.6 Å². The molecule has 1 fully saturated rings. The molecule has 2 heterocycles. The molecule has 108 valence electrons. The van der Waals surface area contributed by atoms with Gasteiger partial charge in [0, 0.05) is 12.6 Å². The minimum Gasteiger partial charge on any atom is -0.344 e. The van der Waals surface area contributed by atoms with Gasteiger partial charge >= 0.3 is 0 Å². The van der Waals surface area contributed by atoms with Crippen LogP contribution in [0.3, 0.4) is 0 Å². The first-order chi connectivity index (χ1) is 10.1. The molecule has 2 N–H and O–H groups in total. The van der Waals surface area contributed by atoms with E-state index >= 15 is 0 Å². The normalized spacial score (nSPS) is 24.2. The van der Waals surface area contributed by atoms with Crippen LogP contribution in [-0.2, 0) is 14.4 Å². The summed E-state index contributed by atoms with van der Waals surface area (Å²) in [5.41, 5.74) is 1.65. The molecule has 0 unspecified atom stereocenters. The number of fused-ring (bicyclic) bond motifs is 1. The van der Waals surface area contributed by atoms with Gasteiger partial charge in [-0.3, -0.25) is 24.7 Å². The third kappa shape index (κ3) is 2.69. The maximum absolute atomic E-state index is 12.4. The summed E-state index contributed by atoms with van der Waals surface area (Å²) in [7, 11) is 0. The van der Waals surface area contributed by atoms with E-state index in [2.05, 4.69) is 15.6 Å². The van der Waals surface area contributed by atoms with E-state index in [0.29, 0.717) is 12.8 Å². The van der Waals surface area contributed by atoms with Gasteiger partial charge in [-0.1, -0.05) is 18.2 Å². The van der Waals surface area contributed by atoms with Gasteiger partial charge in [-0.25, -0.2) is 0 Å². The van der Waals surface area contributed by atoms with Gasteiger partial charge in [-0.05, 0) is 24.5 Å². The summed E-state index contributed by atoms with van der Waals surface area (Å²) in [6.07, 6.45) is 2.82. The Hall–Kier alpha value is -2.50. The number of carbonyl (C=O) groups is 3. The van der Waals surface area contributed by atoms with Crippen LogP contribution in [0, 0.1) is 0 Å². The molecule has 0 saturated carbocycles. The Kier molecular flexibility index (Phi) is 3.51. The van der Waals surface area contributed by atoms with E-state index in [9.17, 15) is 14.4 Å². The highest BCUT2D eigenvalue weighted by Gasteiger charge is 2.31. The maximum Gasteiger partial charge on any atom is 0.249 e. The van der Waals surface area contributed by atoms with E-state index in [1.807, 2.05) is 24.3 Å². The van der Waals surface area contributed by atoms with Crippen molar-refractivity contribution in [3.05, 3.63) is 29.8 Å². The summed E-state index contributed by atoms with van der Waals surface area (Å²) in [6, 6.07) is 6.83. The molecule has 6 heteroatoms. The summed E-state index contributed by atoms with van der Waals surface area (Å²) in [6.45, 7) is 0. The van der Waals surface area contributed by atoms with Crippen LogP contribution < -0.4 is 10.6 Å². The smallest absolute Gasteiger partial charge is 0.249 e. The van der Waals surface area contributed by atoms with E-state index in [1.54, 1.807) is 6.21 Å². The first kappa shape index (κ1) is 13.5. The topological polar surface area (TPSA) is 87.6 Å². The third-order valence-electron chi connectivity index (χ3n) is 3.76. The third-order valence-corrected chi connectivity index (χ3v) is 3.76. The minimum absolute atomic E-state index is 0.205. The average Bonchev–Trinajstić information content (AvgIpc) is 2.49. The highest BCUT2D eigenvalue weighted by atomic mass is 16.2. The van der Waals surface area contributed by atoms with Crippen molar-refractivity contribution in [2.45, 2.75) is 31.2 Å². The molecule has 6 nitrogen and oxygen atoms in total. The number of benzene rings is 1. The quantitative estimate of drug-likeness (QED) is 0.788. The van der Waals surface area contributed by atoms with Gasteiger partial charge in [0.15, 0.2) is 0 Å². The predicted octanol–water partition coefficient (Wildman–Crippen LogP) is 0.798. The largest absolute Gasteiger partial charge is 0.344 e. The van der Waals surface area contributed by atoms with E-state index in [-0.39, 0.29) is 24.2 Å². The summed E-state index contributed by atoms with van der Waals surface area (Å²) in [4.78, 5) is 39.5.